The Balaban J connectivity index is 2.03. The van der Waals surface area contributed by atoms with Crippen molar-refractivity contribution in [2.45, 2.75) is 32.9 Å². The van der Waals surface area contributed by atoms with Crippen molar-refractivity contribution in [3.05, 3.63) is 70.7 Å². The Morgan fingerprint density at radius 2 is 1.68 bits per heavy atom. The number of nitrogens with one attached hydrogen (secondary N) is 2. The molecule has 0 aromatic heterocycles. The zero-order chi connectivity index (χ0) is 18.2. The Labute approximate surface area is 153 Å². The SMILES string of the molecule is CC[C@H](C)[C@H](NC(=O)c1ccc(Cl)cc1)C(=O)NCc1ccccc1. The summed E-state index contributed by atoms with van der Waals surface area (Å²) in [5.41, 5.74) is 1.50. The van der Waals surface area contributed by atoms with Crippen LogP contribution in [0.1, 0.15) is 36.2 Å². The van der Waals surface area contributed by atoms with E-state index in [9.17, 15) is 9.59 Å². The van der Waals surface area contributed by atoms with Gasteiger partial charge in [0.25, 0.3) is 5.91 Å². The fourth-order valence-electron chi connectivity index (χ4n) is 2.42. The molecule has 0 saturated heterocycles. The number of hydrogen-bond acceptors (Lipinski definition) is 2. The molecule has 0 aliphatic heterocycles. The summed E-state index contributed by atoms with van der Waals surface area (Å²) in [7, 11) is 0. The van der Waals surface area contributed by atoms with Gasteiger partial charge in [0, 0.05) is 17.1 Å². The Kier molecular flexibility index (Phi) is 7.02. The van der Waals surface area contributed by atoms with Crippen LogP contribution in [0.25, 0.3) is 0 Å². The molecule has 0 saturated carbocycles. The van der Waals surface area contributed by atoms with Crippen LogP contribution in [0.15, 0.2) is 54.6 Å². The van der Waals surface area contributed by atoms with E-state index < -0.39 is 6.04 Å². The average molecular weight is 359 g/mol. The maximum Gasteiger partial charge on any atom is 0.251 e. The molecule has 132 valence electrons. The molecule has 2 aromatic rings. The van der Waals surface area contributed by atoms with Crippen molar-refractivity contribution in [1.29, 1.82) is 0 Å². The summed E-state index contributed by atoms with van der Waals surface area (Å²) in [4.78, 5) is 25.0. The molecule has 0 aliphatic rings. The monoisotopic (exact) mass is 358 g/mol. The Hall–Kier alpha value is -2.33. The van der Waals surface area contributed by atoms with E-state index in [1.807, 2.05) is 44.2 Å². The van der Waals surface area contributed by atoms with Crippen molar-refractivity contribution in [2.24, 2.45) is 5.92 Å². The first-order chi connectivity index (χ1) is 12.0. The van der Waals surface area contributed by atoms with Gasteiger partial charge in [-0.1, -0.05) is 62.2 Å². The van der Waals surface area contributed by atoms with Crippen LogP contribution < -0.4 is 10.6 Å². The Morgan fingerprint density at radius 1 is 1.04 bits per heavy atom. The van der Waals surface area contributed by atoms with Crippen molar-refractivity contribution < 1.29 is 9.59 Å². The molecule has 2 amide bonds. The highest BCUT2D eigenvalue weighted by atomic mass is 35.5. The predicted octanol–water partition coefficient (Wildman–Crippen LogP) is 3.80. The average Bonchev–Trinajstić information content (AvgIpc) is 2.64. The van der Waals surface area contributed by atoms with E-state index in [1.54, 1.807) is 24.3 Å². The molecular weight excluding hydrogens is 336 g/mol. The van der Waals surface area contributed by atoms with Crippen LogP contribution in [0, 0.1) is 5.92 Å². The first-order valence-corrected chi connectivity index (χ1v) is 8.77. The second-order valence-electron chi connectivity index (χ2n) is 6.05. The molecule has 2 N–H and O–H groups in total. The van der Waals surface area contributed by atoms with E-state index >= 15 is 0 Å². The van der Waals surface area contributed by atoms with Gasteiger partial charge in [-0.05, 0) is 35.7 Å². The van der Waals surface area contributed by atoms with Gasteiger partial charge in [-0.25, -0.2) is 0 Å². The molecule has 0 heterocycles. The van der Waals surface area contributed by atoms with Crippen molar-refractivity contribution in [3.8, 4) is 0 Å². The molecule has 2 rings (SSSR count). The third-order valence-electron chi connectivity index (χ3n) is 4.20. The third kappa shape index (κ3) is 5.61. The van der Waals surface area contributed by atoms with Crippen LogP contribution in [-0.2, 0) is 11.3 Å². The molecule has 5 heteroatoms. The van der Waals surface area contributed by atoms with Crippen LogP contribution in [0.5, 0.6) is 0 Å². The van der Waals surface area contributed by atoms with Crippen LogP contribution in [-0.4, -0.2) is 17.9 Å². The Morgan fingerprint density at radius 3 is 2.28 bits per heavy atom. The number of hydrogen-bond donors (Lipinski definition) is 2. The van der Waals surface area contributed by atoms with Gasteiger partial charge >= 0.3 is 0 Å². The molecule has 0 bridgehead atoms. The zero-order valence-electron chi connectivity index (χ0n) is 14.5. The highest BCUT2D eigenvalue weighted by Gasteiger charge is 2.26. The summed E-state index contributed by atoms with van der Waals surface area (Å²) in [6.07, 6.45) is 0.782. The normalized spacial score (nSPS) is 12.9. The molecular formula is C20H23ClN2O2. The molecule has 0 fully saturated rings. The lowest BCUT2D eigenvalue weighted by atomic mass is 9.97. The summed E-state index contributed by atoms with van der Waals surface area (Å²) in [5.74, 6) is -0.440. The number of benzene rings is 2. The van der Waals surface area contributed by atoms with E-state index in [1.165, 1.54) is 0 Å². The molecule has 4 nitrogen and oxygen atoms in total. The molecule has 25 heavy (non-hydrogen) atoms. The molecule has 0 aliphatic carbocycles. The lowest BCUT2D eigenvalue weighted by molar-refractivity contribution is -0.124. The number of carbonyl (C=O) groups is 2. The highest BCUT2D eigenvalue weighted by molar-refractivity contribution is 6.30. The van der Waals surface area contributed by atoms with Crippen molar-refractivity contribution in [3.63, 3.8) is 0 Å². The van der Waals surface area contributed by atoms with E-state index in [0.29, 0.717) is 17.1 Å². The van der Waals surface area contributed by atoms with E-state index in [4.69, 9.17) is 11.6 Å². The molecule has 0 unspecified atom stereocenters. The highest BCUT2D eigenvalue weighted by Crippen LogP contribution is 2.12. The summed E-state index contributed by atoms with van der Waals surface area (Å²) in [6, 6.07) is 15.7. The van der Waals surface area contributed by atoms with Crippen LogP contribution in [0.4, 0.5) is 0 Å². The number of rotatable bonds is 7. The largest absolute Gasteiger partial charge is 0.350 e. The fourth-order valence-corrected chi connectivity index (χ4v) is 2.55. The van der Waals surface area contributed by atoms with E-state index in [0.717, 1.165) is 12.0 Å². The maximum absolute atomic E-state index is 12.6. The number of halogens is 1. The van der Waals surface area contributed by atoms with Crippen LogP contribution in [0.2, 0.25) is 5.02 Å². The summed E-state index contributed by atoms with van der Waals surface area (Å²) in [5, 5.41) is 6.32. The van der Waals surface area contributed by atoms with Gasteiger partial charge in [0.15, 0.2) is 0 Å². The van der Waals surface area contributed by atoms with Crippen LogP contribution >= 0.6 is 11.6 Å². The van der Waals surface area contributed by atoms with Gasteiger partial charge in [0.1, 0.15) is 6.04 Å². The molecule has 0 radical (unpaired) electrons. The second kappa shape index (κ2) is 9.23. The van der Waals surface area contributed by atoms with Crippen molar-refractivity contribution >= 4 is 23.4 Å². The van der Waals surface area contributed by atoms with Gasteiger partial charge in [-0.2, -0.15) is 0 Å². The minimum absolute atomic E-state index is 0.0204. The van der Waals surface area contributed by atoms with Gasteiger partial charge in [0.05, 0.1) is 0 Å². The van der Waals surface area contributed by atoms with Gasteiger partial charge < -0.3 is 10.6 Å². The topological polar surface area (TPSA) is 58.2 Å². The van der Waals surface area contributed by atoms with Crippen molar-refractivity contribution in [1.82, 2.24) is 10.6 Å². The van der Waals surface area contributed by atoms with Crippen LogP contribution in [0.3, 0.4) is 0 Å². The smallest absolute Gasteiger partial charge is 0.251 e. The van der Waals surface area contributed by atoms with Gasteiger partial charge in [-0.15, -0.1) is 0 Å². The first kappa shape index (κ1) is 19.0. The lowest BCUT2D eigenvalue weighted by Crippen LogP contribution is -2.50. The standard InChI is InChI=1S/C20H23ClN2O2/c1-3-14(2)18(20(25)22-13-15-7-5-4-6-8-15)23-19(24)16-9-11-17(21)12-10-16/h4-12,14,18H,3,13H2,1-2H3,(H,22,25)(H,23,24)/t14-,18-/m0/s1. The second-order valence-corrected chi connectivity index (χ2v) is 6.48. The minimum Gasteiger partial charge on any atom is -0.350 e. The number of carbonyl (C=O) groups excluding carboxylic acids is 2. The van der Waals surface area contributed by atoms with E-state index in [-0.39, 0.29) is 17.7 Å². The van der Waals surface area contributed by atoms with Gasteiger partial charge in [0.2, 0.25) is 5.91 Å². The summed E-state index contributed by atoms with van der Waals surface area (Å²) >= 11 is 5.85. The number of amides is 2. The van der Waals surface area contributed by atoms with Gasteiger partial charge in [-0.3, -0.25) is 9.59 Å². The lowest BCUT2D eigenvalue weighted by Gasteiger charge is -2.23. The molecule has 2 atom stereocenters. The van der Waals surface area contributed by atoms with Crippen molar-refractivity contribution in [2.75, 3.05) is 0 Å². The maximum atomic E-state index is 12.6. The third-order valence-corrected chi connectivity index (χ3v) is 4.45. The first-order valence-electron chi connectivity index (χ1n) is 8.39. The quantitative estimate of drug-likeness (QED) is 0.790. The fraction of sp³-hybridized carbons (Fsp3) is 0.300. The summed E-state index contributed by atoms with van der Waals surface area (Å²) in [6.45, 7) is 4.38. The minimum atomic E-state index is -0.586. The Bertz CT molecular complexity index is 701. The van der Waals surface area contributed by atoms with E-state index in [2.05, 4.69) is 10.6 Å². The zero-order valence-corrected chi connectivity index (χ0v) is 15.2. The summed E-state index contributed by atoms with van der Waals surface area (Å²) < 4.78 is 0. The molecule has 0 spiro atoms. The predicted molar refractivity (Wildman–Crippen MR) is 100 cm³/mol. The molecule has 2 aromatic carbocycles.